The third-order valence-corrected chi connectivity index (χ3v) is 4.31. The Bertz CT molecular complexity index is 271. The van der Waals surface area contributed by atoms with Gasteiger partial charge in [0.1, 0.15) is 0 Å². The molecule has 0 aromatic rings. The lowest BCUT2D eigenvalue weighted by Gasteiger charge is -2.40. The number of hydrogen-bond donors (Lipinski definition) is 1. The molecule has 0 saturated heterocycles. The van der Waals surface area contributed by atoms with Gasteiger partial charge in [0.15, 0.2) is 0 Å². The maximum absolute atomic E-state index is 11.6. The van der Waals surface area contributed by atoms with Gasteiger partial charge in [-0.1, -0.05) is 26.2 Å². The third kappa shape index (κ3) is 5.11. The van der Waals surface area contributed by atoms with E-state index in [9.17, 15) is 4.79 Å². The SMILES string of the molecule is CCCC1CCC(CN)C(N(C)CC(=O)OCC)C1. The van der Waals surface area contributed by atoms with Crippen molar-refractivity contribution in [2.45, 2.75) is 52.0 Å². The van der Waals surface area contributed by atoms with E-state index in [1.54, 1.807) is 0 Å². The molecular formula is C15H30N2O2. The van der Waals surface area contributed by atoms with Crippen molar-refractivity contribution in [1.82, 2.24) is 4.90 Å². The van der Waals surface area contributed by atoms with E-state index < -0.39 is 0 Å². The Balaban J connectivity index is 2.55. The first kappa shape index (κ1) is 16.4. The summed E-state index contributed by atoms with van der Waals surface area (Å²) in [7, 11) is 2.03. The summed E-state index contributed by atoms with van der Waals surface area (Å²) in [4.78, 5) is 13.8. The van der Waals surface area contributed by atoms with Gasteiger partial charge in [-0.25, -0.2) is 0 Å². The van der Waals surface area contributed by atoms with Gasteiger partial charge in [-0.2, -0.15) is 0 Å². The van der Waals surface area contributed by atoms with E-state index >= 15 is 0 Å². The Morgan fingerprint density at radius 1 is 1.37 bits per heavy atom. The number of carbonyl (C=O) groups excluding carboxylic acids is 1. The number of likely N-dealkylation sites (N-methyl/N-ethyl adjacent to an activating group) is 1. The predicted molar refractivity (Wildman–Crippen MR) is 77.8 cm³/mol. The summed E-state index contributed by atoms with van der Waals surface area (Å²) >= 11 is 0. The molecule has 2 N–H and O–H groups in total. The Kier molecular flexibility index (Phi) is 7.39. The van der Waals surface area contributed by atoms with Gasteiger partial charge in [0.05, 0.1) is 13.2 Å². The Morgan fingerprint density at radius 2 is 2.11 bits per heavy atom. The minimum atomic E-state index is -0.126. The molecule has 0 aromatic carbocycles. The van der Waals surface area contributed by atoms with E-state index in [0.717, 1.165) is 12.5 Å². The van der Waals surface area contributed by atoms with Crippen molar-refractivity contribution in [2.24, 2.45) is 17.6 Å². The highest BCUT2D eigenvalue weighted by Gasteiger charge is 2.32. The van der Waals surface area contributed by atoms with Crippen LogP contribution in [-0.4, -0.2) is 43.7 Å². The fourth-order valence-electron chi connectivity index (χ4n) is 3.31. The van der Waals surface area contributed by atoms with Crippen LogP contribution in [0.5, 0.6) is 0 Å². The number of carbonyl (C=O) groups is 1. The van der Waals surface area contributed by atoms with Gasteiger partial charge in [0, 0.05) is 6.04 Å². The van der Waals surface area contributed by atoms with E-state index in [2.05, 4.69) is 11.8 Å². The number of ether oxygens (including phenoxy) is 1. The van der Waals surface area contributed by atoms with Gasteiger partial charge >= 0.3 is 5.97 Å². The van der Waals surface area contributed by atoms with Gasteiger partial charge in [-0.05, 0) is 45.2 Å². The van der Waals surface area contributed by atoms with Crippen molar-refractivity contribution in [3.8, 4) is 0 Å². The van der Waals surface area contributed by atoms with Gasteiger partial charge in [-0.3, -0.25) is 9.69 Å². The molecule has 3 atom stereocenters. The molecule has 1 aliphatic rings. The van der Waals surface area contributed by atoms with Crippen LogP contribution in [0.15, 0.2) is 0 Å². The van der Waals surface area contributed by atoms with Gasteiger partial charge < -0.3 is 10.5 Å². The third-order valence-electron chi connectivity index (χ3n) is 4.31. The normalized spacial score (nSPS) is 27.5. The number of rotatable bonds is 7. The fraction of sp³-hybridized carbons (Fsp3) is 0.933. The zero-order valence-electron chi connectivity index (χ0n) is 12.7. The zero-order chi connectivity index (χ0) is 14.3. The Hall–Kier alpha value is -0.610. The molecule has 3 unspecified atom stereocenters. The quantitative estimate of drug-likeness (QED) is 0.719. The van der Waals surface area contributed by atoms with Gasteiger partial charge in [0.2, 0.25) is 0 Å². The molecule has 0 aliphatic heterocycles. The van der Waals surface area contributed by atoms with Gasteiger partial charge in [0.25, 0.3) is 0 Å². The summed E-state index contributed by atoms with van der Waals surface area (Å²) in [5.74, 6) is 1.19. The molecule has 0 bridgehead atoms. The Morgan fingerprint density at radius 3 is 2.68 bits per heavy atom. The minimum absolute atomic E-state index is 0.126. The van der Waals surface area contributed by atoms with Crippen molar-refractivity contribution in [1.29, 1.82) is 0 Å². The summed E-state index contributed by atoms with van der Waals surface area (Å²) < 4.78 is 5.03. The number of hydrogen-bond acceptors (Lipinski definition) is 4. The molecular weight excluding hydrogens is 240 g/mol. The molecule has 1 aliphatic carbocycles. The molecule has 0 aromatic heterocycles. The molecule has 0 radical (unpaired) electrons. The molecule has 19 heavy (non-hydrogen) atoms. The molecule has 1 saturated carbocycles. The smallest absolute Gasteiger partial charge is 0.320 e. The van der Waals surface area contributed by atoms with Gasteiger partial charge in [-0.15, -0.1) is 0 Å². The number of esters is 1. The highest BCUT2D eigenvalue weighted by atomic mass is 16.5. The highest BCUT2D eigenvalue weighted by molar-refractivity contribution is 5.71. The van der Waals surface area contributed by atoms with Crippen molar-refractivity contribution in [3.63, 3.8) is 0 Å². The molecule has 112 valence electrons. The van der Waals surface area contributed by atoms with Crippen LogP contribution in [0.4, 0.5) is 0 Å². The number of nitrogens with zero attached hydrogens (tertiary/aromatic N) is 1. The van der Waals surface area contributed by atoms with Crippen LogP contribution >= 0.6 is 0 Å². The Labute approximate surface area is 117 Å². The largest absolute Gasteiger partial charge is 0.465 e. The van der Waals surface area contributed by atoms with Crippen LogP contribution < -0.4 is 5.73 Å². The molecule has 4 heteroatoms. The van der Waals surface area contributed by atoms with E-state index in [1.807, 2.05) is 14.0 Å². The summed E-state index contributed by atoms with van der Waals surface area (Å²) in [6, 6.07) is 0.430. The van der Waals surface area contributed by atoms with Crippen LogP contribution in [0, 0.1) is 11.8 Å². The molecule has 1 fully saturated rings. The molecule has 0 spiro atoms. The van der Waals surface area contributed by atoms with Crippen molar-refractivity contribution in [2.75, 3.05) is 26.7 Å². The molecule has 1 rings (SSSR count). The topological polar surface area (TPSA) is 55.6 Å². The first-order valence-electron chi connectivity index (χ1n) is 7.68. The van der Waals surface area contributed by atoms with Crippen LogP contribution in [0.3, 0.4) is 0 Å². The second kappa shape index (κ2) is 8.54. The van der Waals surface area contributed by atoms with E-state index in [4.69, 9.17) is 10.5 Å². The van der Waals surface area contributed by atoms with E-state index in [1.165, 1.54) is 32.1 Å². The van der Waals surface area contributed by atoms with Crippen molar-refractivity contribution < 1.29 is 9.53 Å². The molecule has 4 nitrogen and oxygen atoms in total. The first-order chi connectivity index (χ1) is 9.12. The van der Waals surface area contributed by atoms with Crippen LogP contribution in [0.2, 0.25) is 0 Å². The minimum Gasteiger partial charge on any atom is -0.465 e. The number of nitrogens with two attached hydrogens (primary N) is 1. The zero-order valence-corrected chi connectivity index (χ0v) is 12.7. The lowest BCUT2D eigenvalue weighted by Crippen LogP contribution is -2.47. The summed E-state index contributed by atoms with van der Waals surface area (Å²) in [5, 5.41) is 0. The lowest BCUT2D eigenvalue weighted by atomic mass is 9.76. The van der Waals surface area contributed by atoms with Crippen molar-refractivity contribution >= 4 is 5.97 Å². The van der Waals surface area contributed by atoms with Crippen LogP contribution in [-0.2, 0) is 9.53 Å². The van der Waals surface area contributed by atoms with Crippen LogP contribution in [0.25, 0.3) is 0 Å². The average molecular weight is 270 g/mol. The second-order valence-electron chi connectivity index (χ2n) is 5.75. The molecule has 0 heterocycles. The summed E-state index contributed by atoms with van der Waals surface area (Å²) in [6.07, 6.45) is 6.19. The highest BCUT2D eigenvalue weighted by Crippen LogP contribution is 2.33. The summed E-state index contributed by atoms with van der Waals surface area (Å²) in [6.45, 7) is 5.64. The van der Waals surface area contributed by atoms with E-state index in [-0.39, 0.29) is 5.97 Å². The van der Waals surface area contributed by atoms with E-state index in [0.29, 0.717) is 25.1 Å². The average Bonchev–Trinajstić information content (AvgIpc) is 2.39. The lowest BCUT2D eigenvalue weighted by molar-refractivity contribution is -0.145. The van der Waals surface area contributed by atoms with Crippen molar-refractivity contribution in [3.05, 3.63) is 0 Å². The fourth-order valence-corrected chi connectivity index (χ4v) is 3.31. The molecule has 0 amide bonds. The predicted octanol–water partition coefficient (Wildman–Crippen LogP) is 2.02. The monoisotopic (exact) mass is 270 g/mol. The van der Waals surface area contributed by atoms with Crippen LogP contribution in [0.1, 0.15) is 46.0 Å². The first-order valence-corrected chi connectivity index (χ1v) is 7.68. The summed E-state index contributed by atoms with van der Waals surface area (Å²) in [5.41, 5.74) is 5.90. The maximum Gasteiger partial charge on any atom is 0.320 e. The standard InChI is InChI=1S/C15H30N2O2/c1-4-6-12-7-8-13(10-16)14(9-12)17(3)11-15(18)19-5-2/h12-14H,4-11,16H2,1-3H3. The maximum atomic E-state index is 11.6. The second-order valence-corrected chi connectivity index (χ2v) is 5.75.